The molecule has 2 nitrogen and oxygen atoms in total. The number of pyridine rings is 1. The first-order valence-electron chi connectivity index (χ1n) is 4.74. The molecule has 1 aromatic heterocycles. The van der Waals surface area contributed by atoms with Crippen LogP contribution in [0.25, 0.3) is 0 Å². The maximum absolute atomic E-state index is 12.8. The number of nitrogens with zero attached hydrogens (tertiary/aromatic N) is 1. The van der Waals surface area contributed by atoms with E-state index in [0.29, 0.717) is 6.54 Å². The van der Waals surface area contributed by atoms with Gasteiger partial charge in [0.1, 0.15) is 0 Å². The van der Waals surface area contributed by atoms with Gasteiger partial charge in [-0.05, 0) is 29.8 Å². The maximum Gasteiger partial charge on any atom is 0.213 e. The number of benzene rings is 1. The van der Waals surface area contributed by atoms with E-state index < -0.39 is 5.95 Å². The van der Waals surface area contributed by atoms with Crippen molar-refractivity contribution in [1.29, 1.82) is 0 Å². The standard InChI is InChI=1S/C12H11FN2/c13-12-8-10(6-7-14-12)9-15-11-4-2-1-3-5-11/h1-8,15H,9H2. The Morgan fingerprint density at radius 3 is 2.67 bits per heavy atom. The van der Waals surface area contributed by atoms with Gasteiger partial charge in [-0.3, -0.25) is 0 Å². The minimum atomic E-state index is -0.442. The number of rotatable bonds is 3. The van der Waals surface area contributed by atoms with E-state index in [1.54, 1.807) is 6.07 Å². The second kappa shape index (κ2) is 4.55. The van der Waals surface area contributed by atoms with Crippen LogP contribution in [0.1, 0.15) is 5.56 Å². The zero-order chi connectivity index (χ0) is 10.5. The Bertz CT molecular complexity index is 429. The molecule has 0 aliphatic rings. The lowest BCUT2D eigenvalue weighted by molar-refractivity contribution is 0.581. The summed E-state index contributed by atoms with van der Waals surface area (Å²) < 4.78 is 12.8. The van der Waals surface area contributed by atoms with Gasteiger partial charge >= 0.3 is 0 Å². The Morgan fingerprint density at radius 2 is 1.93 bits per heavy atom. The zero-order valence-electron chi connectivity index (χ0n) is 8.15. The largest absolute Gasteiger partial charge is 0.381 e. The molecule has 1 heterocycles. The van der Waals surface area contributed by atoms with Crippen molar-refractivity contribution in [2.75, 3.05) is 5.32 Å². The molecule has 0 bridgehead atoms. The monoisotopic (exact) mass is 202 g/mol. The van der Waals surface area contributed by atoms with E-state index in [-0.39, 0.29) is 0 Å². The molecule has 2 aromatic rings. The quantitative estimate of drug-likeness (QED) is 0.774. The van der Waals surface area contributed by atoms with Crippen LogP contribution in [0.2, 0.25) is 0 Å². The minimum absolute atomic E-state index is 0.442. The van der Waals surface area contributed by atoms with E-state index in [0.717, 1.165) is 11.3 Å². The molecule has 0 aliphatic carbocycles. The number of halogens is 1. The van der Waals surface area contributed by atoms with Gasteiger partial charge in [-0.2, -0.15) is 4.39 Å². The number of hydrogen-bond donors (Lipinski definition) is 1. The van der Waals surface area contributed by atoms with Crippen LogP contribution in [0.4, 0.5) is 10.1 Å². The van der Waals surface area contributed by atoms with Gasteiger partial charge < -0.3 is 5.32 Å². The summed E-state index contributed by atoms with van der Waals surface area (Å²) in [5.74, 6) is -0.442. The van der Waals surface area contributed by atoms with Crippen LogP contribution in [-0.4, -0.2) is 4.98 Å². The highest BCUT2D eigenvalue weighted by molar-refractivity contribution is 5.42. The van der Waals surface area contributed by atoms with Gasteiger partial charge in [0, 0.05) is 18.4 Å². The van der Waals surface area contributed by atoms with Gasteiger partial charge in [-0.25, -0.2) is 4.98 Å². The summed E-state index contributed by atoms with van der Waals surface area (Å²) in [4.78, 5) is 3.50. The molecule has 0 spiro atoms. The van der Waals surface area contributed by atoms with E-state index in [4.69, 9.17) is 0 Å². The minimum Gasteiger partial charge on any atom is -0.381 e. The molecule has 2 rings (SSSR count). The highest BCUT2D eigenvalue weighted by Gasteiger charge is 1.95. The average Bonchev–Trinajstić information content (AvgIpc) is 2.28. The van der Waals surface area contributed by atoms with Gasteiger partial charge in [0.2, 0.25) is 5.95 Å². The predicted molar refractivity (Wildman–Crippen MR) is 58.0 cm³/mol. The third-order valence-electron chi connectivity index (χ3n) is 2.06. The molecular formula is C12H11FN2. The Balaban J connectivity index is 1.99. The molecule has 0 fully saturated rings. The van der Waals surface area contributed by atoms with Crippen LogP contribution >= 0.6 is 0 Å². The van der Waals surface area contributed by atoms with Gasteiger partial charge in [-0.15, -0.1) is 0 Å². The van der Waals surface area contributed by atoms with E-state index in [2.05, 4.69) is 10.3 Å². The van der Waals surface area contributed by atoms with Gasteiger partial charge in [0.25, 0.3) is 0 Å². The second-order valence-corrected chi connectivity index (χ2v) is 3.21. The van der Waals surface area contributed by atoms with Gasteiger partial charge in [0.05, 0.1) is 0 Å². The first-order valence-corrected chi connectivity index (χ1v) is 4.74. The summed E-state index contributed by atoms with van der Waals surface area (Å²) in [7, 11) is 0. The maximum atomic E-state index is 12.8. The Kier molecular flexibility index (Phi) is 2.93. The predicted octanol–water partition coefficient (Wildman–Crippen LogP) is 2.83. The lowest BCUT2D eigenvalue weighted by atomic mass is 10.2. The highest BCUT2D eigenvalue weighted by Crippen LogP contribution is 2.08. The molecule has 0 atom stereocenters. The van der Waals surface area contributed by atoms with Gasteiger partial charge in [0.15, 0.2) is 0 Å². The first kappa shape index (κ1) is 9.65. The normalized spacial score (nSPS) is 9.93. The number of anilines is 1. The van der Waals surface area contributed by atoms with Crippen molar-refractivity contribution in [3.05, 3.63) is 60.2 Å². The second-order valence-electron chi connectivity index (χ2n) is 3.21. The molecule has 0 saturated heterocycles. The molecule has 0 amide bonds. The number of aromatic nitrogens is 1. The molecule has 0 radical (unpaired) electrons. The summed E-state index contributed by atoms with van der Waals surface area (Å²) in [5.41, 5.74) is 1.90. The van der Waals surface area contributed by atoms with Crippen molar-refractivity contribution in [2.45, 2.75) is 6.54 Å². The third kappa shape index (κ3) is 2.77. The van der Waals surface area contributed by atoms with Crippen LogP contribution in [-0.2, 0) is 6.54 Å². The topological polar surface area (TPSA) is 24.9 Å². The molecule has 1 N–H and O–H groups in total. The lowest BCUT2D eigenvalue weighted by Gasteiger charge is -2.05. The van der Waals surface area contributed by atoms with Crippen molar-refractivity contribution >= 4 is 5.69 Å². The van der Waals surface area contributed by atoms with E-state index in [9.17, 15) is 4.39 Å². The molecule has 15 heavy (non-hydrogen) atoms. The summed E-state index contributed by atoms with van der Waals surface area (Å²) in [5, 5.41) is 3.19. The van der Waals surface area contributed by atoms with Crippen molar-refractivity contribution in [1.82, 2.24) is 4.98 Å². The molecule has 76 valence electrons. The van der Waals surface area contributed by atoms with Gasteiger partial charge in [-0.1, -0.05) is 18.2 Å². The first-order chi connectivity index (χ1) is 7.34. The lowest BCUT2D eigenvalue weighted by Crippen LogP contribution is -1.99. The third-order valence-corrected chi connectivity index (χ3v) is 2.06. The SMILES string of the molecule is Fc1cc(CNc2ccccc2)ccn1. The fourth-order valence-electron chi connectivity index (χ4n) is 1.31. The highest BCUT2D eigenvalue weighted by atomic mass is 19.1. The summed E-state index contributed by atoms with van der Waals surface area (Å²) in [6.07, 6.45) is 1.47. The van der Waals surface area contributed by atoms with Crippen LogP contribution in [0.5, 0.6) is 0 Å². The number of nitrogens with one attached hydrogen (secondary N) is 1. The van der Waals surface area contributed by atoms with Crippen molar-refractivity contribution in [3.63, 3.8) is 0 Å². The Morgan fingerprint density at radius 1 is 1.13 bits per heavy atom. The van der Waals surface area contributed by atoms with Crippen molar-refractivity contribution in [2.24, 2.45) is 0 Å². The van der Waals surface area contributed by atoms with Crippen LogP contribution < -0.4 is 5.32 Å². The number of para-hydroxylation sites is 1. The number of hydrogen-bond acceptors (Lipinski definition) is 2. The summed E-state index contributed by atoms with van der Waals surface area (Å²) in [6.45, 7) is 0.601. The average molecular weight is 202 g/mol. The Labute approximate surface area is 87.8 Å². The van der Waals surface area contributed by atoms with E-state index >= 15 is 0 Å². The molecule has 0 unspecified atom stereocenters. The van der Waals surface area contributed by atoms with Crippen molar-refractivity contribution < 1.29 is 4.39 Å². The molecule has 0 saturated carbocycles. The van der Waals surface area contributed by atoms with E-state index in [1.165, 1.54) is 12.3 Å². The molecule has 1 aromatic carbocycles. The summed E-state index contributed by atoms with van der Waals surface area (Å²) in [6, 6.07) is 13.0. The Hall–Kier alpha value is -1.90. The fourth-order valence-corrected chi connectivity index (χ4v) is 1.31. The molecular weight excluding hydrogens is 191 g/mol. The van der Waals surface area contributed by atoms with Crippen molar-refractivity contribution in [3.8, 4) is 0 Å². The van der Waals surface area contributed by atoms with Crippen LogP contribution in [0, 0.1) is 5.95 Å². The molecule has 0 aliphatic heterocycles. The van der Waals surface area contributed by atoms with E-state index in [1.807, 2.05) is 30.3 Å². The molecule has 3 heteroatoms. The summed E-state index contributed by atoms with van der Waals surface area (Å²) >= 11 is 0. The smallest absolute Gasteiger partial charge is 0.213 e. The zero-order valence-corrected chi connectivity index (χ0v) is 8.15. The van der Waals surface area contributed by atoms with Crippen LogP contribution in [0.15, 0.2) is 48.7 Å². The van der Waals surface area contributed by atoms with Crippen LogP contribution in [0.3, 0.4) is 0 Å². The fraction of sp³-hybridized carbons (Fsp3) is 0.0833.